The van der Waals surface area contributed by atoms with Crippen LogP contribution in [0.15, 0.2) is 30.5 Å². The monoisotopic (exact) mass is 258 g/mol. The number of piperidine rings is 1. The maximum atomic E-state index is 11.1. The van der Waals surface area contributed by atoms with Crippen molar-refractivity contribution in [2.45, 2.75) is 25.4 Å². The largest absolute Gasteiger partial charge is 0.385 e. The van der Waals surface area contributed by atoms with Gasteiger partial charge in [0, 0.05) is 29.7 Å². The van der Waals surface area contributed by atoms with Gasteiger partial charge in [-0.05, 0) is 44.8 Å². The fourth-order valence-electron chi connectivity index (χ4n) is 3.35. The average Bonchev–Trinajstić information content (AvgIpc) is 2.79. The van der Waals surface area contributed by atoms with Crippen molar-refractivity contribution in [1.82, 2.24) is 9.88 Å². The molecule has 0 spiro atoms. The molecule has 3 rings (SSSR count). The van der Waals surface area contributed by atoms with E-state index in [9.17, 15) is 5.11 Å². The summed E-state index contributed by atoms with van der Waals surface area (Å²) in [5, 5.41) is 15.6. The lowest BCUT2D eigenvalue weighted by Crippen LogP contribution is -2.39. The number of para-hydroxylation sites is 1. The third kappa shape index (κ3) is 2.07. The molecule has 0 bridgehead atoms. The average molecular weight is 258 g/mol. The van der Waals surface area contributed by atoms with Crippen LogP contribution in [-0.2, 0) is 12.6 Å². The van der Waals surface area contributed by atoms with Crippen LogP contribution in [0.3, 0.4) is 0 Å². The second-order valence-electron chi connectivity index (χ2n) is 5.84. The van der Waals surface area contributed by atoms with E-state index in [-0.39, 0.29) is 0 Å². The first-order chi connectivity index (χ1) is 9.10. The van der Waals surface area contributed by atoms with Crippen molar-refractivity contribution >= 4 is 10.9 Å². The predicted octanol–water partition coefficient (Wildman–Crippen LogP) is 2.39. The molecule has 1 saturated heterocycles. The lowest BCUT2D eigenvalue weighted by molar-refractivity contribution is -0.0174. The van der Waals surface area contributed by atoms with Gasteiger partial charge in [0.05, 0.1) is 5.60 Å². The van der Waals surface area contributed by atoms with Gasteiger partial charge in [-0.2, -0.15) is 0 Å². The SMILES string of the molecule is Cn1cc(C(C)(O)C2CCNCC2)c2ccccc21. The highest BCUT2D eigenvalue weighted by molar-refractivity contribution is 5.84. The van der Waals surface area contributed by atoms with Crippen LogP contribution in [0.5, 0.6) is 0 Å². The van der Waals surface area contributed by atoms with E-state index in [4.69, 9.17) is 0 Å². The van der Waals surface area contributed by atoms with Crippen molar-refractivity contribution in [3.05, 3.63) is 36.0 Å². The number of nitrogens with one attached hydrogen (secondary N) is 1. The summed E-state index contributed by atoms with van der Waals surface area (Å²) >= 11 is 0. The lowest BCUT2D eigenvalue weighted by atomic mass is 9.77. The Hall–Kier alpha value is -1.32. The van der Waals surface area contributed by atoms with Crippen molar-refractivity contribution < 1.29 is 5.11 Å². The Labute approximate surface area is 114 Å². The molecule has 2 heterocycles. The fourth-order valence-corrected chi connectivity index (χ4v) is 3.35. The molecule has 1 aromatic heterocycles. The standard InChI is InChI=1S/C16H22N2O/c1-16(19,12-7-9-17-10-8-12)14-11-18(2)15-6-4-3-5-13(14)15/h3-6,11-12,17,19H,7-10H2,1-2H3. The fraction of sp³-hybridized carbons (Fsp3) is 0.500. The first kappa shape index (κ1) is 12.7. The molecular weight excluding hydrogens is 236 g/mol. The van der Waals surface area contributed by atoms with Crippen LogP contribution in [0.25, 0.3) is 10.9 Å². The highest BCUT2D eigenvalue weighted by atomic mass is 16.3. The van der Waals surface area contributed by atoms with Crippen molar-refractivity contribution in [1.29, 1.82) is 0 Å². The minimum Gasteiger partial charge on any atom is -0.385 e. The molecule has 1 atom stereocenters. The number of fused-ring (bicyclic) bond motifs is 1. The summed E-state index contributed by atoms with van der Waals surface area (Å²) < 4.78 is 2.11. The van der Waals surface area contributed by atoms with Crippen molar-refractivity contribution in [3.8, 4) is 0 Å². The quantitative estimate of drug-likeness (QED) is 0.868. The van der Waals surface area contributed by atoms with Gasteiger partial charge in [-0.1, -0.05) is 18.2 Å². The van der Waals surface area contributed by atoms with E-state index in [1.807, 2.05) is 26.1 Å². The van der Waals surface area contributed by atoms with Crippen LogP contribution in [0.2, 0.25) is 0 Å². The topological polar surface area (TPSA) is 37.2 Å². The lowest BCUT2D eigenvalue weighted by Gasteiger charge is -2.36. The molecule has 1 aromatic carbocycles. The van der Waals surface area contributed by atoms with Gasteiger partial charge in [-0.25, -0.2) is 0 Å². The molecule has 3 nitrogen and oxygen atoms in total. The molecule has 1 unspecified atom stereocenters. The van der Waals surface area contributed by atoms with Gasteiger partial charge in [0.2, 0.25) is 0 Å². The Kier molecular flexibility index (Phi) is 3.11. The Balaban J connectivity index is 2.07. The number of hydrogen-bond acceptors (Lipinski definition) is 2. The van der Waals surface area contributed by atoms with Crippen molar-refractivity contribution in [3.63, 3.8) is 0 Å². The van der Waals surface area contributed by atoms with E-state index in [2.05, 4.69) is 28.2 Å². The van der Waals surface area contributed by atoms with Gasteiger partial charge in [0.25, 0.3) is 0 Å². The first-order valence-electron chi connectivity index (χ1n) is 7.08. The molecule has 0 radical (unpaired) electrons. The van der Waals surface area contributed by atoms with Gasteiger partial charge >= 0.3 is 0 Å². The maximum absolute atomic E-state index is 11.1. The highest BCUT2D eigenvalue weighted by Gasteiger charge is 2.36. The molecule has 0 amide bonds. The van der Waals surface area contributed by atoms with E-state index in [1.54, 1.807) is 0 Å². The van der Waals surface area contributed by atoms with Crippen LogP contribution < -0.4 is 5.32 Å². The van der Waals surface area contributed by atoms with E-state index < -0.39 is 5.60 Å². The Morgan fingerprint density at radius 1 is 1.26 bits per heavy atom. The number of nitrogens with zero attached hydrogens (tertiary/aromatic N) is 1. The van der Waals surface area contributed by atoms with Gasteiger partial charge in [-0.15, -0.1) is 0 Å². The number of aryl methyl sites for hydroxylation is 1. The number of hydrogen-bond donors (Lipinski definition) is 2. The molecule has 0 saturated carbocycles. The zero-order valence-corrected chi connectivity index (χ0v) is 11.7. The number of aliphatic hydroxyl groups is 1. The summed E-state index contributed by atoms with van der Waals surface area (Å²) in [7, 11) is 2.05. The van der Waals surface area contributed by atoms with Crippen molar-refractivity contribution in [2.75, 3.05) is 13.1 Å². The molecular formula is C16H22N2O. The predicted molar refractivity (Wildman–Crippen MR) is 78.1 cm³/mol. The smallest absolute Gasteiger partial charge is 0.0918 e. The molecule has 2 aromatic rings. The molecule has 102 valence electrons. The van der Waals surface area contributed by atoms with Crippen molar-refractivity contribution in [2.24, 2.45) is 13.0 Å². The maximum Gasteiger partial charge on any atom is 0.0918 e. The van der Waals surface area contributed by atoms with Crippen LogP contribution in [0.4, 0.5) is 0 Å². The van der Waals surface area contributed by atoms with E-state index in [0.717, 1.165) is 31.5 Å². The molecule has 19 heavy (non-hydrogen) atoms. The molecule has 3 heteroatoms. The van der Waals surface area contributed by atoms with Crippen LogP contribution in [-0.4, -0.2) is 22.8 Å². The molecule has 2 N–H and O–H groups in total. The zero-order chi connectivity index (χ0) is 13.5. The zero-order valence-electron chi connectivity index (χ0n) is 11.7. The Morgan fingerprint density at radius 3 is 2.68 bits per heavy atom. The summed E-state index contributed by atoms with van der Waals surface area (Å²) in [6.45, 7) is 3.99. The summed E-state index contributed by atoms with van der Waals surface area (Å²) in [5.41, 5.74) is 1.51. The van der Waals surface area contributed by atoms with E-state index in [0.29, 0.717) is 5.92 Å². The summed E-state index contributed by atoms with van der Waals surface area (Å²) in [5.74, 6) is 0.333. The normalized spacial score (nSPS) is 20.6. The minimum absolute atomic E-state index is 0.333. The molecule has 1 fully saturated rings. The van der Waals surface area contributed by atoms with Gasteiger partial charge in [0.1, 0.15) is 0 Å². The second kappa shape index (κ2) is 4.66. The first-order valence-corrected chi connectivity index (χ1v) is 7.08. The summed E-state index contributed by atoms with van der Waals surface area (Å²) in [6, 6.07) is 8.31. The molecule has 1 aliphatic heterocycles. The van der Waals surface area contributed by atoms with Gasteiger partial charge in [0.15, 0.2) is 0 Å². The third-order valence-electron chi connectivity index (χ3n) is 4.58. The Bertz CT molecular complexity index is 579. The number of rotatable bonds is 2. The number of aromatic nitrogens is 1. The van der Waals surface area contributed by atoms with Crippen LogP contribution >= 0.6 is 0 Å². The van der Waals surface area contributed by atoms with Crippen LogP contribution in [0, 0.1) is 5.92 Å². The second-order valence-corrected chi connectivity index (χ2v) is 5.84. The molecule has 0 aliphatic carbocycles. The molecule has 1 aliphatic rings. The summed E-state index contributed by atoms with van der Waals surface area (Å²) in [4.78, 5) is 0. The number of benzene rings is 1. The van der Waals surface area contributed by atoms with E-state index >= 15 is 0 Å². The van der Waals surface area contributed by atoms with Crippen LogP contribution in [0.1, 0.15) is 25.3 Å². The highest BCUT2D eigenvalue weighted by Crippen LogP contribution is 2.38. The minimum atomic E-state index is -0.747. The van der Waals surface area contributed by atoms with E-state index in [1.165, 1.54) is 10.9 Å². The Morgan fingerprint density at radius 2 is 1.95 bits per heavy atom. The third-order valence-corrected chi connectivity index (χ3v) is 4.58. The summed E-state index contributed by atoms with van der Waals surface area (Å²) in [6.07, 6.45) is 4.17. The van der Waals surface area contributed by atoms with Gasteiger partial charge < -0.3 is 15.0 Å². The van der Waals surface area contributed by atoms with Gasteiger partial charge in [-0.3, -0.25) is 0 Å².